The van der Waals surface area contributed by atoms with E-state index in [4.69, 9.17) is 0 Å². The van der Waals surface area contributed by atoms with Crippen molar-refractivity contribution in [3.63, 3.8) is 0 Å². The first kappa shape index (κ1) is 13.5. The highest BCUT2D eigenvalue weighted by molar-refractivity contribution is 5.79. The van der Waals surface area contributed by atoms with Gasteiger partial charge in [-0.05, 0) is 41.5 Å². The van der Waals surface area contributed by atoms with Crippen LogP contribution < -0.4 is 0 Å². The highest BCUT2D eigenvalue weighted by Gasteiger charge is 2.36. The van der Waals surface area contributed by atoms with Gasteiger partial charge in [0.05, 0.1) is 0 Å². The highest BCUT2D eigenvalue weighted by atomic mass is 16.2. The lowest BCUT2D eigenvalue weighted by molar-refractivity contribution is -0.146. The first-order valence-corrected chi connectivity index (χ1v) is 5.32. The molecule has 0 N–H and O–H groups in total. The van der Waals surface area contributed by atoms with E-state index in [-0.39, 0.29) is 22.9 Å². The lowest BCUT2D eigenvalue weighted by atomic mass is 9.94. The molecule has 0 heterocycles. The van der Waals surface area contributed by atoms with E-state index in [9.17, 15) is 4.79 Å². The molecular weight excluding hydrogens is 174 g/mol. The Bertz CT molecular complexity index is 191. The smallest absolute Gasteiger partial charge is 0.225 e. The van der Waals surface area contributed by atoms with Crippen LogP contribution in [-0.4, -0.2) is 21.9 Å². The van der Waals surface area contributed by atoms with E-state index in [1.807, 2.05) is 18.7 Å². The number of amides is 1. The zero-order valence-corrected chi connectivity index (χ0v) is 10.9. The summed E-state index contributed by atoms with van der Waals surface area (Å²) in [5.74, 6) is 0.290. The van der Waals surface area contributed by atoms with Crippen LogP contribution in [0.5, 0.6) is 0 Å². The summed E-state index contributed by atoms with van der Waals surface area (Å²) in [6.07, 6.45) is 0. The van der Waals surface area contributed by atoms with Gasteiger partial charge in [-0.15, -0.1) is 0 Å². The molecule has 1 amide bonds. The minimum Gasteiger partial charge on any atom is -0.333 e. The molecule has 0 aliphatic rings. The fourth-order valence-corrected chi connectivity index (χ4v) is 1.93. The van der Waals surface area contributed by atoms with Crippen molar-refractivity contribution >= 4 is 5.91 Å². The van der Waals surface area contributed by atoms with Gasteiger partial charge >= 0.3 is 0 Å². The third-order valence-electron chi connectivity index (χ3n) is 2.06. The van der Waals surface area contributed by atoms with Gasteiger partial charge in [-0.2, -0.15) is 0 Å². The van der Waals surface area contributed by atoms with Crippen molar-refractivity contribution in [1.82, 2.24) is 4.90 Å². The van der Waals surface area contributed by atoms with E-state index in [1.165, 1.54) is 0 Å². The Hall–Kier alpha value is -0.530. The Morgan fingerprint density at radius 1 is 0.929 bits per heavy atom. The molecule has 0 aromatic carbocycles. The molecular formula is C12H25NO. The van der Waals surface area contributed by atoms with Crippen molar-refractivity contribution < 1.29 is 4.79 Å². The Morgan fingerprint density at radius 2 is 1.21 bits per heavy atom. The lowest BCUT2D eigenvalue weighted by Crippen LogP contribution is -2.56. The van der Waals surface area contributed by atoms with Crippen LogP contribution in [0, 0.1) is 5.92 Å². The van der Waals surface area contributed by atoms with Crippen molar-refractivity contribution in [1.29, 1.82) is 0 Å². The van der Waals surface area contributed by atoms with Crippen LogP contribution in [0.25, 0.3) is 0 Å². The zero-order chi connectivity index (χ0) is 11.7. The van der Waals surface area contributed by atoms with Crippen LogP contribution in [0.4, 0.5) is 0 Å². The average Bonchev–Trinajstić information content (AvgIpc) is 1.79. The summed E-state index contributed by atoms with van der Waals surface area (Å²) in [7, 11) is 0. The number of hydrogen-bond acceptors (Lipinski definition) is 1. The third-order valence-corrected chi connectivity index (χ3v) is 2.06. The van der Waals surface area contributed by atoms with Gasteiger partial charge in [-0.1, -0.05) is 13.8 Å². The zero-order valence-electron chi connectivity index (χ0n) is 10.9. The Kier molecular flexibility index (Phi) is 3.77. The second-order valence-corrected chi connectivity index (χ2v) is 6.17. The predicted octanol–water partition coefficient (Wildman–Crippen LogP) is 3.07. The third kappa shape index (κ3) is 3.32. The molecule has 0 rings (SSSR count). The molecule has 0 aliphatic carbocycles. The quantitative estimate of drug-likeness (QED) is 0.635. The number of hydrogen-bond donors (Lipinski definition) is 0. The first-order chi connectivity index (χ1) is 5.98. The van der Waals surface area contributed by atoms with E-state index in [1.54, 1.807) is 0 Å². The minimum absolute atomic E-state index is 0.0634. The summed E-state index contributed by atoms with van der Waals surface area (Å²) in [6.45, 7) is 16.4. The fourth-order valence-electron chi connectivity index (χ4n) is 1.93. The van der Waals surface area contributed by atoms with E-state index in [2.05, 4.69) is 41.5 Å². The molecule has 0 aromatic rings. The van der Waals surface area contributed by atoms with E-state index >= 15 is 0 Å². The lowest BCUT2D eigenvalue weighted by Gasteiger charge is -2.46. The van der Waals surface area contributed by atoms with Gasteiger partial charge in [0.2, 0.25) is 5.91 Å². The number of nitrogens with zero attached hydrogens (tertiary/aromatic N) is 1. The van der Waals surface area contributed by atoms with Gasteiger partial charge in [0, 0.05) is 17.0 Å². The SMILES string of the molecule is CC(C)C(=O)N(C(C)(C)C)C(C)(C)C. The summed E-state index contributed by atoms with van der Waals surface area (Å²) < 4.78 is 0. The van der Waals surface area contributed by atoms with Gasteiger partial charge in [-0.25, -0.2) is 0 Å². The molecule has 0 radical (unpaired) electrons. The van der Waals surface area contributed by atoms with E-state index in [0.29, 0.717) is 0 Å². The van der Waals surface area contributed by atoms with Gasteiger partial charge < -0.3 is 4.90 Å². The summed E-state index contributed by atoms with van der Waals surface area (Å²) >= 11 is 0. The molecule has 14 heavy (non-hydrogen) atoms. The van der Waals surface area contributed by atoms with Crippen LogP contribution in [0.2, 0.25) is 0 Å². The van der Waals surface area contributed by atoms with Crippen molar-refractivity contribution in [2.75, 3.05) is 0 Å². The number of carbonyl (C=O) groups is 1. The molecule has 0 aliphatic heterocycles. The second-order valence-electron chi connectivity index (χ2n) is 6.17. The van der Waals surface area contributed by atoms with E-state index in [0.717, 1.165) is 0 Å². The fraction of sp³-hybridized carbons (Fsp3) is 0.917. The molecule has 0 aromatic heterocycles. The minimum atomic E-state index is -0.112. The Balaban J connectivity index is 5.05. The molecule has 0 saturated heterocycles. The van der Waals surface area contributed by atoms with E-state index < -0.39 is 0 Å². The summed E-state index contributed by atoms with van der Waals surface area (Å²) in [5, 5.41) is 0. The average molecular weight is 199 g/mol. The van der Waals surface area contributed by atoms with Gasteiger partial charge in [0.25, 0.3) is 0 Å². The molecule has 0 fully saturated rings. The first-order valence-electron chi connectivity index (χ1n) is 5.32. The highest BCUT2D eigenvalue weighted by Crippen LogP contribution is 2.26. The number of rotatable bonds is 1. The Morgan fingerprint density at radius 3 is 1.29 bits per heavy atom. The molecule has 0 atom stereocenters. The maximum atomic E-state index is 12.1. The molecule has 2 nitrogen and oxygen atoms in total. The Labute approximate surface area is 88.7 Å². The van der Waals surface area contributed by atoms with Crippen molar-refractivity contribution in [3.8, 4) is 0 Å². The van der Waals surface area contributed by atoms with Crippen molar-refractivity contribution in [2.45, 2.75) is 66.5 Å². The van der Waals surface area contributed by atoms with Gasteiger partial charge in [-0.3, -0.25) is 4.79 Å². The van der Waals surface area contributed by atoms with Crippen molar-refractivity contribution in [2.24, 2.45) is 5.92 Å². The molecule has 0 unspecified atom stereocenters. The van der Waals surface area contributed by atoms with Crippen LogP contribution in [0.3, 0.4) is 0 Å². The van der Waals surface area contributed by atoms with Crippen LogP contribution in [0.1, 0.15) is 55.4 Å². The second kappa shape index (κ2) is 3.92. The normalized spacial score (nSPS) is 13.2. The molecule has 0 bridgehead atoms. The number of carbonyl (C=O) groups excluding carboxylic acids is 1. The summed E-state index contributed by atoms with van der Waals surface area (Å²) in [4.78, 5) is 14.0. The van der Waals surface area contributed by atoms with Crippen molar-refractivity contribution in [3.05, 3.63) is 0 Å². The molecule has 0 saturated carbocycles. The largest absolute Gasteiger partial charge is 0.333 e. The van der Waals surface area contributed by atoms with Crippen LogP contribution in [-0.2, 0) is 4.79 Å². The maximum absolute atomic E-state index is 12.1. The standard InChI is InChI=1S/C12H25NO/c1-9(2)10(14)13(11(3,4)5)12(6,7)8/h9H,1-8H3. The van der Waals surface area contributed by atoms with Gasteiger partial charge in [0.15, 0.2) is 0 Å². The molecule has 2 heteroatoms. The molecule has 0 spiro atoms. The van der Waals surface area contributed by atoms with Crippen LogP contribution >= 0.6 is 0 Å². The molecule has 84 valence electrons. The predicted molar refractivity (Wildman–Crippen MR) is 61.2 cm³/mol. The topological polar surface area (TPSA) is 20.3 Å². The summed E-state index contributed by atoms with van der Waals surface area (Å²) in [5.41, 5.74) is -0.223. The monoisotopic (exact) mass is 199 g/mol. The maximum Gasteiger partial charge on any atom is 0.225 e. The van der Waals surface area contributed by atoms with Gasteiger partial charge in [0.1, 0.15) is 0 Å². The summed E-state index contributed by atoms with van der Waals surface area (Å²) in [6, 6.07) is 0. The van der Waals surface area contributed by atoms with Crippen LogP contribution in [0.15, 0.2) is 0 Å².